The van der Waals surface area contributed by atoms with Crippen LogP contribution in [0.2, 0.25) is 0 Å². The molecule has 0 radical (unpaired) electrons. The van der Waals surface area contributed by atoms with Crippen molar-refractivity contribution in [2.24, 2.45) is 5.92 Å². The molecule has 2 rings (SSSR count). The van der Waals surface area contributed by atoms with E-state index >= 15 is 0 Å². The molecule has 2 nitrogen and oxygen atoms in total. The zero-order valence-electron chi connectivity index (χ0n) is 8.69. The molecule has 15 heavy (non-hydrogen) atoms. The highest BCUT2D eigenvalue weighted by atomic mass is 32.1. The van der Waals surface area contributed by atoms with E-state index < -0.39 is 5.97 Å². The summed E-state index contributed by atoms with van der Waals surface area (Å²) in [6.07, 6.45) is 3.76. The van der Waals surface area contributed by atoms with Gasteiger partial charge in [0.2, 0.25) is 0 Å². The van der Waals surface area contributed by atoms with Gasteiger partial charge in [0, 0.05) is 12.3 Å². The predicted molar refractivity (Wildman–Crippen MR) is 62.1 cm³/mol. The average molecular weight is 222 g/mol. The summed E-state index contributed by atoms with van der Waals surface area (Å²) < 4.78 is 0. The van der Waals surface area contributed by atoms with Gasteiger partial charge in [-0.3, -0.25) is 0 Å². The lowest BCUT2D eigenvalue weighted by atomic mass is 10.0. The summed E-state index contributed by atoms with van der Waals surface area (Å²) in [6, 6.07) is 3.29. The standard InChI is InChI=1S/C7H10.C5H4O2S/c1-7-5-3-2-4-6-7;6-5(7)4-2-1-3-8-4/h7H,2-3,5H2,1H3;1-3H,(H,6,7). The van der Waals surface area contributed by atoms with Crippen molar-refractivity contribution in [3.05, 3.63) is 22.4 Å². The van der Waals surface area contributed by atoms with Gasteiger partial charge in [-0.1, -0.05) is 13.0 Å². The van der Waals surface area contributed by atoms with Crippen LogP contribution in [0.3, 0.4) is 0 Å². The van der Waals surface area contributed by atoms with Gasteiger partial charge < -0.3 is 5.11 Å². The first-order valence-corrected chi connectivity index (χ1v) is 5.83. The highest BCUT2D eigenvalue weighted by Gasteiger charge is 1.99. The smallest absolute Gasteiger partial charge is 0.345 e. The monoisotopic (exact) mass is 222 g/mol. The molecule has 0 bridgehead atoms. The number of hydrogen-bond donors (Lipinski definition) is 1. The first kappa shape index (κ1) is 11.8. The van der Waals surface area contributed by atoms with Gasteiger partial charge in [0.15, 0.2) is 0 Å². The lowest BCUT2D eigenvalue weighted by Gasteiger charge is -2.04. The molecule has 1 unspecified atom stereocenters. The largest absolute Gasteiger partial charge is 0.477 e. The Bertz CT molecular complexity index is 357. The van der Waals surface area contributed by atoms with Gasteiger partial charge in [-0.05, 0) is 24.3 Å². The zero-order valence-corrected chi connectivity index (χ0v) is 9.51. The van der Waals surface area contributed by atoms with Crippen LogP contribution in [0.5, 0.6) is 0 Å². The number of rotatable bonds is 1. The van der Waals surface area contributed by atoms with E-state index in [0.29, 0.717) is 10.8 Å². The third kappa shape index (κ3) is 4.66. The van der Waals surface area contributed by atoms with E-state index in [1.807, 2.05) is 0 Å². The highest BCUT2D eigenvalue weighted by Crippen LogP contribution is 2.09. The van der Waals surface area contributed by atoms with Crippen LogP contribution in [0.4, 0.5) is 0 Å². The van der Waals surface area contributed by atoms with Crippen molar-refractivity contribution >= 4 is 17.3 Å². The Balaban J connectivity index is 0.000000151. The Morgan fingerprint density at radius 2 is 2.47 bits per heavy atom. The Morgan fingerprint density at radius 1 is 1.67 bits per heavy atom. The maximum absolute atomic E-state index is 10.1. The Morgan fingerprint density at radius 3 is 2.73 bits per heavy atom. The van der Waals surface area contributed by atoms with Crippen molar-refractivity contribution in [2.45, 2.75) is 26.2 Å². The maximum Gasteiger partial charge on any atom is 0.345 e. The minimum Gasteiger partial charge on any atom is -0.477 e. The van der Waals surface area contributed by atoms with Crippen LogP contribution in [0.25, 0.3) is 0 Å². The predicted octanol–water partition coefficient (Wildman–Crippen LogP) is 3.26. The summed E-state index contributed by atoms with van der Waals surface area (Å²) >= 11 is 1.23. The quantitative estimate of drug-likeness (QED) is 0.740. The van der Waals surface area contributed by atoms with Crippen LogP contribution in [0.15, 0.2) is 17.5 Å². The second-order valence-corrected chi connectivity index (χ2v) is 4.34. The minimum atomic E-state index is -0.847. The first-order valence-electron chi connectivity index (χ1n) is 4.95. The topological polar surface area (TPSA) is 37.3 Å². The van der Waals surface area contributed by atoms with Crippen LogP contribution >= 0.6 is 11.3 Å². The average Bonchev–Trinajstić information content (AvgIpc) is 2.72. The molecule has 0 aromatic carbocycles. The maximum atomic E-state index is 10.1. The summed E-state index contributed by atoms with van der Waals surface area (Å²) in [7, 11) is 0. The van der Waals surface area contributed by atoms with Crippen LogP contribution in [-0.4, -0.2) is 11.1 Å². The molecule has 0 saturated heterocycles. The van der Waals surface area contributed by atoms with Gasteiger partial charge in [-0.15, -0.1) is 23.2 Å². The fraction of sp³-hybridized carbons (Fsp3) is 0.417. The van der Waals surface area contributed by atoms with Crippen molar-refractivity contribution in [1.82, 2.24) is 0 Å². The molecule has 0 spiro atoms. The van der Waals surface area contributed by atoms with Gasteiger partial charge in [0.1, 0.15) is 4.88 Å². The summed E-state index contributed by atoms with van der Waals surface area (Å²) in [6.45, 7) is 2.19. The van der Waals surface area contributed by atoms with Crippen molar-refractivity contribution in [1.29, 1.82) is 0 Å². The lowest BCUT2D eigenvalue weighted by molar-refractivity contribution is 0.0702. The number of thiophene rings is 1. The number of aromatic carboxylic acids is 1. The van der Waals surface area contributed by atoms with E-state index in [1.54, 1.807) is 17.5 Å². The van der Waals surface area contributed by atoms with Crippen molar-refractivity contribution in [3.63, 3.8) is 0 Å². The summed E-state index contributed by atoms with van der Waals surface area (Å²) in [5.41, 5.74) is 0. The summed E-state index contributed by atoms with van der Waals surface area (Å²) in [4.78, 5) is 10.5. The third-order valence-corrected chi connectivity index (χ3v) is 2.88. The van der Waals surface area contributed by atoms with Gasteiger partial charge in [-0.25, -0.2) is 4.79 Å². The summed E-state index contributed by atoms with van der Waals surface area (Å²) in [5.74, 6) is 6.04. The molecule has 1 atom stereocenters. The number of carboxylic acids is 1. The van der Waals surface area contributed by atoms with Crippen molar-refractivity contribution in [2.75, 3.05) is 0 Å². The molecular weight excluding hydrogens is 208 g/mol. The zero-order chi connectivity index (χ0) is 11.1. The molecule has 0 saturated carbocycles. The highest BCUT2D eigenvalue weighted by molar-refractivity contribution is 7.11. The van der Waals surface area contributed by atoms with Gasteiger partial charge in [0.05, 0.1) is 0 Å². The van der Waals surface area contributed by atoms with Crippen LogP contribution in [0, 0.1) is 17.8 Å². The fourth-order valence-electron chi connectivity index (χ4n) is 1.22. The molecule has 1 aromatic heterocycles. The van der Waals surface area contributed by atoms with E-state index in [0.717, 1.165) is 6.42 Å². The number of carbonyl (C=O) groups is 1. The van der Waals surface area contributed by atoms with Gasteiger partial charge in [0.25, 0.3) is 0 Å². The molecule has 80 valence electrons. The molecule has 0 fully saturated rings. The van der Waals surface area contributed by atoms with E-state index in [-0.39, 0.29) is 0 Å². The van der Waals surface area contributed by atoms with Crippen molar-refractivity contribution in [3.8, 4) is 11.8 Å². The second kappa shape index (κ2) is 6.26. The minimum absolute atomic E-state index is 0.394. The molecule has 1 N–H and O–H groups in total. The Hall–Kier alpha value is -1.27. The Kier molecular flexibility index (Phi) is 4.92. The van der Waals surface area contributed by atoms with Gasteiger partial charge in [-0.2, -0.15) is 0 Å². The van der Waals surface area contributed by atoms with E-state index in [1.165, 1.54) is 24.2 Å². The molecule has 3 heteroatoms. The molecular formula is C12H14O2S. The lowest BCUT2D eigenvalue weighted by Crippen LogP contribution is -1.93. The van der Waals surface area contributed by atoms with E-state index in [4.69, 9.17) is 5.11 Å². The van der Waals surface area contributed by atoms with Gasteiger partial charge >= 0.3 is 5.97 Å². The second-order valence-electron chi connectivity index (χ2n) is 3.40. The molecule has 1 heterocycles. The third-order valence-electron chi connectivity index (χ3n) is 2.02. The molecule has 0 amide bonds. The molecule has 1 aromatic rings. The number of hydrogen-bond acceptors (Lipinski definition) is 2. The molecule has 0 aliphatic heterocycles. The van der Waals surface area contributed by atoms with Crippen molar-refractivity contribution < 1.29 is 9.90 Å². The SMILES string of the molecule is CC1C#CCCC1.O=C(O)c1cccs1. The number of carboxylic acid groups (broad SMARTS) is 1. The summed E-state index contributed by atoms with van der Waals surface area (Å²) in [5, 5.41) is 10.0. The van der Waals surface area contributed by atoms with E-state index in [9.17, 15) is 4.79 Å². The van der Waals surface area contributed by atoms with Crippen LogP contribution in [-0.2, 0) is 0 Å². The first-order chi connectivity index (χ1) is 7.20. The fourth-order valence-corrected chi connectivity index (χ4v) is 1.78. The molecule has 1 aliphatic carbocycles. The van der Waals surface area contributed by atoms with E-state index in [2.05, 4.69) is 18.8 Å². The molecule has 1 aliphatic rings. The Labute approximate surface area is 93.9 Å². The van der Waals surface area contributed by atoms with Crippen LogP contribution < -0.4 is 0 Å². The van der Waals surface area contributed by atoms with Crippen LogP contribution in [0.1, 0.15) is 35.9 Å². The normalized spacial score (nSPS) is 18.1.